The first-order valence-corrected chi connectivity index (χ1v) is 11.4. The van der Waals surface area contributed by atoms with Gasteiger partial charge in [-0.05, 0) is 25.8 Å². The molecule has 1 atom stereocenters. The minimum Gasteiger partial charge on any atom is -0.434 e. The Bertz CT molecular complexity index is 317. The summed E-state index contributed by atoms with van der Waals surface area (Å²) in [6.07, 6.45) is 21.4. The molecule has 1 saturated heterocycles. The maximum atomic E-state index is 11.5. The van der Waals surface area contributed by atoms with Gasteiger partial charge in [0.1, 0.15) is 0 Å². The quantitative estimate of drug-likeness (QED) is 0.228. The highest BCUT2D eigenvalue weighted by Gasteiger charge is 2.18. The molecule has 1 aliphatic rings. The lowest BCUT2D eigenvalue weighted by Gasteiger charge is -2.11. The van der Waals surface area contributed by atoms with Crippen molar-refractivity contribution in [1.29, 1.82) is 0 Å². The smallest absolute Gasteiger partial charge is 0.434 e. The molecule has 0 spiro atoms. The van der Waals surface area contributed by atoms with Gasteiger partial charge < -0.3 is 9.47 Å². The molecule has 1 heterocycles. The molecule has 0 aromatic heterocycles. The van der Waals surface area contributed by atoms with Crippen molar-refractivity contribution >= 4 is 6.16 Å². The molecule has 1 unspecified atom stereocenters. The van der Waals surface area contributed by atoms with Crippen LogP contribution in [0.25, 0.3) is 0 Å². The Kier molecular flexibility index (Phi) is 15.8. The maximum Gasteiger partial charge on any atom is 0.509 e. The highest BCUT2D eigenvalue weighted by atomic mass is 16.7. The number of hydrogen-bond acceptors (Lipinski definition) is 4. The van der Waals surface area contributed by atoms with E-state index in [-0.39, 0.29) is 6.23 Å². The van der Waals surface area contributed by atoms with Crippen LogP contribution in [0.1, 0.15) is 116 Å². The van der Waals surface area contributed by atoms with Crippen molar-refractivity contribution < 1.29 is 14.3 Å². The summed E-state index contributed by atoms with van der Waals surface area (Å²) < 4.78 is 10.3. The Morgan fingerprint density at radius 2 is 1.31 bits per heavy atom. The van der Waals surface area contributed by atoms with Crippen molar-refractivity contribution in [2.24, 2.45) is 0 Å². The van der Waals surface area contributed by atoms with Crippen molar-refractivity contribution in [1.82, 2.24) is 5.32 Å². The third-order valence-electron chi connectivity index (χ3n) is 5.22. The number of unbranched alkanes of at least 4 members (excludes halogenated alkanes) is 14. The Balaban J connectivity index is 1.70. The summed E-state index contributed by atoms with van der Waals surface area (Å²) in [5, 5.41) is 3.12. The van der Waals surface area contributed by atoms with Gasteiger partial charge in [-0.1, -0.05) is 96.8 Å². The zero-order valence-corrected chi connectivity index (χ0v) is 17.2. The van der Waals surface area contributed by atoms with Crippen molar-refractivity contribution in [3.05, 3.63) is 0 Å². The van der Waals surface area contributed by atoms with Crippen LogP contribution in [0.5, 0.6) is 0 Å². The Hall–Kier alpha value is -0.770. The number of carbonyl (C=O) groups excluding carboxylic acids is 1. The van der Waals surface area contributed by atoms with E-state index in [2.05, 4.69) is 12.2 Å². The topological polar surface area (TPSA) is 47.6 Å². The van der Waals surface area contributed by atoms with Crippen LogP contribution in [0.4, 0.5) is 4.79 Å². The van der Waals surface area contributed by atoms with Crippen LogP contribution >= 0.6 is 0 Å². The van der Waals surface area contributed by atoms with Crippen LogP contribution in [0.15, 0.2) is 0 Å². The number of hydrogen-bond donors (Lipinski definition) is 1. The summed E-state index contributed by atoms with van der Waals surface area (Å²) in [6, 6.07) is 0. The third kappa shape index (κ3) is 14.4. The van der Waals surface area contributed by atoms with E-state index in [1.807, 2.05) is 0 Å². The lowest BCUT2D eigenvalue weighted by molar-refractivity contribution is 0.0179. The van der Waals surface area contributed by atoms with Crippen LogP contribution < -0.4 is 5.32 Å². The third-order valence-corrected chi connectivity index (χ3v) is 5.22. The molecular formula is C22H43NO3. The van der Waals surface area contributed by atoms with Gasteiger partial charge in [-0.15, -0.1) is 0 Å². The summed E-state index contributed by atoms with van der Waals surface area (Å²) >= 11 is 0. The average molecular weight is 370 g/mol. The number of rotatable bonds is 17. The predicted molar refractivity (Wildman–Crippen MR) is 108 cm³/mol. The molecule has 4 heteroatoms. The second-order valence-corrected chi connectivity index (χ2v) is 7.75. The molecule has 1 aliphatic heterocycles. The Labute approximate surface area is 161 Å². The van der Waals surface area contributed by atoms with Gasteiger partial charge in [0.25, 0.3) is 0 Å². The molecule has 0 bridgehead atoms. The molecule has 1 rings (SSSR count). The number of carbonyl (C=O) groups is 1. The van der Waals surface area contributed by atoms with E-state index < -0.39 is 6.16 Å². The molecule has 1 fully saturated rings. The SMILES string of the molecule is CCCCCCCCCCCCCCCCCOC(=O)OC1CCCN1. The van der Waals surface area contributed by atoms with Crippen LogP contribution in [0, 0.1) is 0 Å². The van der Waals surface area contributed by atoms with Gasteiger partial charge in [0.2, 0.25) is 0 Å². The van der Waals surface area contributed by atoms with Gasteiger partial charge in [0.15, 0.2) is 6.23 Å². The van der Waals surface area contributed by atoms with E-state index >= 15 is 0 Å². The molecule has 154 valence electrons. The fourth-order valence-electron chi connectivity index (χ4n) is 3.53. The summed E-state index contributed by atoms with van der Waals surface area (Å²) in [5.74, 6) is 0. The first-order chi connectivity index (χ1) is 12.8. The molecule has 0 radical (unpaired) electrons. The normalized spacial score (nSPS) is 16.7. The van der Waals surface area contributed by atoms with Gasteiger partial charge in [0, 0.05) is 0 Å². The summed E-state index contributed by atoms with van der Waals surface area (Å²) in [4.78, 5) is 11.5. The minimum atomic E-state index is -0.519. The summed E-state index contributed by atoms with van der Waals surface area (Å²) in [6.45, 7) is 3.69. The van der Waals surface area contributed by atoms with Crippen molar-refractivity contribution in [3.8, 4) is 0 Å². The summed E-state index contributed by atoms with van der Waals surface area (Å²) in [7, 11) is 0. The van der Waals surface area contributed by atoms with E-state index in [1.165, 1.54) is 83.5 Å². The molecule has 1 N–H and O–H groups in total. The van der Waals surface area contributed by atoms with Crippen LogP contribution in [0.3, 0.4) is 0 Å². The molecule has 0 aliphatic carbocycles. The highest BCUT2D eigenvalue weighted by Crippen LogP contribution is 2.13. The fraction of sp³-hybridized carbons (Fsp3) is 0.955. The van der Waals surface area contributed by atoms with Gasteiger partial charge >= 0.3 is 6.16 Å². The van der Waals surface area contributed by atoms with Crippen LogP contribution in [-0.2, 0) is 9.47 Å². The van der Waals surface area contributed by atoms with Crippen molar-refractivity contribution in [3.63, 3.8) is 0 Å². The number of ether oxygens (including phenoxy) is 2. The van der Waals surface area contributed by atoms with Gasteiger partial charge in [-0.2, -0.15) is 0 Å². The molecular weight excluding hydrogens is 326 g/mol. The molecule has 0 saturated carbocycles. The van der Waals surface area contributed by atoms with Gasteiger partial charge in [0.05, 0.1) is 6.61 Å². The monoisotopic (exact) mass is 369 g/mol. The van der Waals surface area contributed by atoms with E-state index in [0.717, 1.165) is 32.2 Å². The van der Waals surface area contributed by atoms with Gasteiger partial charge in [-0.3, -0.25) is 5.32 Å². The molecule has 0 amide bonds. The van der Waals surface area contributed by atoms with E-state index in [4.69, 9.17) is 9.47 Å². The van der Waals surface area contributed by atoms with E-state index in [9.17, 15) is 4.79 Å². The second kappa shape index (κ2) is 17.6. The standard InChI is InChI=1S/C22H43NO3/c1-2-3-4-5-6-7-8-9-10-11-12-13-14-15-16-20-25-22(24)26-21-18-17-19-23-21/h21,23H,2-20H2,1H3. The van der Waals surface area contributed by atoms with E-state index in [1.54, 1.807) is 0 Å². The Morgan fingerprint density at radius 1 is 0.808 bits per heavy atom. The largest absolute Gasteiger partial charge is 0.509 e. The van der Waals surface area contributed by atoms with Crippen LogP contribution in [-0.4, -0.2) is 25.5 Å². The minimum absolute atomic E-state index is 0.136. The Morgan fingerprint density at radius 3 is 1.77 bits per heavy atom. The molecule has 26 heavy (non-hydrogen) atoms. The number of nitrogens with one attached hydrogen (secondary N) is 1. The molecule has 0 aromatic rings. The lowest BCUT2D eigenvalue weighted by Crippen LogP contribution is -2.28. The molecule has 4 nitrogen and oxygen atoms in total. The second-order valence-electron chi connectivity index (χ2n) is 7.75. The average Bonchev–Trinajstić information content (AvgIpc) is 3.14. The van der Waals surface area contributed by atoms with Crippen LogP contribution in [0.2, 0.25) is 0 Å². The highest BCUT2D eigenvalue weighted by molar-refractivity contribution is 5.60. The lowest BCUT2D eigenvalue weighted by atomic mass is 10.0. The van der Waals surface area contributed by atoms with Crippen molar-refractivity contribution in [2.45, 2.75) is 122 Å². The molecule has 0 aromatic carbocycles. The van der Waals surface area contributed by atoms with Gasteiger partial charge in [-0.25, -0.2) is 4.79 Å². The maximum absolute atomic E-state index is 11.5. The van der Waals surface area contributed by atoms with Crippen molar-refractivity contribution in [2.75, 3.05) is 13.2 Å². The first-order valence-electron chi connectivity index (χ1n) is 11.4. The van der Waals surface area contributed by atoms with E-state index in [0.29, 0.717) is 6.61 Å². The first kappa shape index (κ1) is 23.3. The summed E-state index contributed by atoms with van der Waals surface area (Å²) in [5.41, 5.74) is 0. The zero-order chi connectivity index (χ0) is 18.7. The predicted octanol–water partition coefficient (Wildman–Crippen LogP) is 6.72. The zero-order valence-electron chi connectivity index (χ0n) is 17.2. The fourth-order valence-corrected chi connectivity index (χ4v) is 3.53.